The van der Waals surface area contributed by atoms with Gasteiger partial charge in [-0.3, -0.25) is 4.18 Å². The van der Waals surface area contributed by atoms with E-state index in [1.54, 1.807) is 12.1 Å². The molecule has 0 unspecified atom stereocenters. The van der Waals surface area contributed by atoms with Crippen molar-refractivity contribution >= 4 is 10.1 Å². The zero-order chi connectivity index (χ0) is 28.9. The maximum absolute atomic E-state index is 13.0. The summed E-state index contributed by atoms with van der Waals surface area (Å²) in [5.74, 6) is 5.74. The molecule has 0 heterocycles. The third-order valence-electron chi connectivity index (χ3n) is 12.9. The molecule has 224 valence electrons. The first-order valence-corrected chi connectivity index (χ1v) is 18.0. The quantitative estimate of drug-likeness (QED) is 0.220. The topological polar surface area (TPSA) is 43.4 Å². The fourth-order valence-corrected chi connectivity index (χ4v) is 11.4. The average Bonchev–Trinajstić information content (AvgIpc) is 3.26. The second-order valence-electron chi connectivity index (χ2n) is 15.2. The zero-order valence-electron chi connectivity index (χ0n) is 26.4. The Bertz CT molecular complexity index is 1170. The van der Waals surface area contributed by atoms with Gasteiger partial charge >= 0.3 is 0 Å². The van der Waals surface area contributed by atoms with Crippen molar-refractivity contribution < 1.29 is 12.6 Å². The van der Waals surface area contributed by atoms with Crippen LogP contribution in [0.15, 0.2) is 40.8 Å². The van der Waals surface area contributed by atoms with Crippen molar-refractivity contribution in [2.45, 2.75) is 130 Å². The highest BCUT2D eigenvalue weighted by Gasteiger charge is 2.59. The number of fused-ring (bicyclic) bond motifs is 5. The van der Waals surface area contributed by atoms with Gasteiger partial charge < -0.3 is 0 Å². The van der Waals surface area contributed by atoms with Crippen molar-refractivity contribution in [3.63, 3.8) is 0 Å². The Kier molecular flexibility index (Phi) is 8.73. The van der Waals surface area contributed by atoms with Crippen LogP contribution in [0.4, 0.5) is 0 Å². The highest BCUT2D eigenvalue weighted by Crippen LogP contribution is 2.67. The first kappa shape index (κ1) is 30.3. The van der Waals surface area contributed by atoms with Crippen molar-refractivity contribution in [2.24, 2.45) is 52.3 Å². The van der Waals surface area contributed by atoms with E-state index in [9.17, 15) is 8.42 Å². The summed E-state index contributed by atoms with van der Waals surface area (Å²) in [4.78, 5) is 0.273. The summed E-state index contributed by atoms with van der Waals surface area (Å²) in [6.45, 7) is 16.9. The molecule has 3 saturated carbocycles. The third-order valence-corrected chi connectivity index (χ3v) is 14.2. The molecule has 0 N–H and O–H groups in total. The first-order valence-electron chi connectivity index (χ1n) is 16.6. The maximum Gasteiger partial charge on any atom is 0.297 e. The Balaban J connectivity index is 1.26. The Morgan fingerprint density at radius 2 is 1.68 bits per heavy atom. The number of aryl methyl sites for hydroxylation is 1. The largest absolute Gasteiger partial charge is 0.297 e. The van der Waals surface area contributed by atoms with Crippen molar-refractivity contribution in [1.29, 1.82) is 0 Å². The number of allylic oxidation sites excluding steroid dienone is 1. The molecule has 0 amide bonds. The molecule has 0 aliphatic heterocycles. The summed E-state index contributed by atoms with van der Waals surface area (Å²) in [6.07, 6.45) is 15.8. The molecule has 9 atom stereocenters. The summed E-state index contributed by atoms with van der Waals surface area (Å²) in [5.41, 5.74) is 3.23. The van der Waals surface area contributed by atoms with Crippen LogP contribution in [0.5, 0.6) is 0 Å². The van der Waals surface area contributed by atoms with E-state index in [0.717, 1.165) is 66.3 Å². The minimum absolute atomic E-state index is 0.201. The van der Waals surface area contributed by atoms with E-state index in [2.05, 4.69) is 47.6 Å². The van der Waals surface area contributed by atoms with Crippen LogP contribution in [-0.4, -0.2) is 14.5 Å². The predicted octanol–water partition coefficient (Wildman–Crippen LogP) is 9.75. The second-order valence-corrected chi connectivity index (χ2v) is 16.8. The molecule has 0 spiro atoms. The van der Waals surface area contributed by atoms with Gasteiger partial charge in [-0.15, -0.1) is 0 Å². The summed E-state index contributed by atoms with van der Waals surface area (Å²) in [6, 6.07) is 7.03. The van der Waals surface area contributed by atoms with Gasteiger partial charge in [0, 0.05) is 0 Å². The Morgan fingerprint density at radius 3 is 2.35 bits per heavy atom. The molecule has 5 rings (SSSR count). The monoisotopic (exact) mass is 568 g/mol. The molecule has 3 fully saturated rings. The fraction of sp³-hybridized carbons (Fsp3) is 0.778. The second kappa shape index (κ2) is 11.5. The van der Waals surface area contributed by atoms with Crippen LogP contribution in [-0.2, 0) is 14.3 Å². The molecular formula is C36H56O3S. The van der Waals surface area contributed by atoms with Crippen molar-refractivity contribution in [3.8, 4) is 0 Å². The smallest absolute Gasteiger partial charge is 0.263 e. The normalized spacial score (nSPS) is 37.3. The zero-order valence-corrected chi connectivity index (χ0v) is 27.2. The third kappa shape index (κ3) is 5.50. The fourth-order valence-electron chi connectivity index (χ4n) is 10.3. The van der Waals surface area contributed by atoms with E-state index in [4.69, 9.17) is 4.18 Å². The highest BCUT2D eigenvalue weighted by atomic mass is 32.2. The lowest BCUT2D eigenvalue weighted by atomic mass is 9.47. The van der Waals surface area contributed by atoms with Gasteiger partial charge in [0.25, 0.3) is 10.1 Å². The summed E-state index contributed by atoms with van der Waals surface area (Å²) < 4.78 is 31.9. The highest BCUT2D eigenvalue weighted by molar-refractivity contribution is 7.86. The van der Waals surface area contributed by atoms with Gasteiger partial charge in [-0.05, 0) is 129 Å². The van der Waals surface area contributed by atoms with E-state index in [-0.39, 0.29) is 16.4 Å². The van der Waals surface area contributed by atoms with E-state index in [1.807, 2.05) is 19.1 Å². The lowest BCUT2D eigenvalue weighted by Gasteiger charge is -2.58. The van der Waals surface area contributed by atoms with Gasteiger partial charge in [-0.25, -0.2) is 0 Å². The standard InChI is InChI=1S/C36H56O3S/c1-8-27(24(2)3)12-11-26(5)32-17-18-33-31-16-13-28-23-29(39-40(37,38)30-14-9-25(4)10-15-30)19-21-35(28,6)34(31)20-22-36(32,33)7/h9-10,13-15,24,26-27,29,31-34H,8,11-12,16-23H2,1-7H3/t26-,27-,29+,31+,32-,33+,34+,35+,36-/m1/s1. The van der Waals surface area contributed by atoms with Gasteiger partial charge in [0.05, 0.1) is 11.0 Å². The Labute approximate surface area is 246 Å². The molecule has 1 aromatic rings. The molecule has 40 heavy (non-hydrogen) atoms. The van der Waals surface area contributed by atoms with Gasteiger partial charge in [0.15, 0.2) is 0 Å². The van der Waals surface area contributed by atoms with Gasteiger partial charge in [-0.1, -0.05) is 83.7 Å². The molecule has 0 aromatic heterocycles. The van der Waals surface area contributed by atoms with Crippen molar-refractivity contribution in [1.82, 2.24) is 0 Å². The molecule has 3 nitrogen and oxygen atoms in total. The van der Waals surface area contributed by atoms with E-state index in [0.29, 0.717) is 5.41 Å². The number of hydrogen-bond donors (Lipinski definition) is 0. The van der Waals surface area contributed by atoms with Gasteiger partial charge in [-0.2, -0.15) is 8.42 Å². The number of rotatable bonds is 9. The van der Waals surface area contributed by atoms with Gasteiger partial charge in [0.1, 0.15) is 0 Å². The molecule has 0 saturated heterocycles. The van der Waals surface area contributed by atoms with Crippen LogP contribution in [0.25, 0.3) is 0 Å². The molecule has 0 radical (unpaired) electrons. The van der Waals surface area contributed by atoms with E-state index >= 15 is 0 Å². The molecule has 0 bridgehead atoms. The molecule has 4 aliphatic rings. The minimum atomic E-state index is -3.74. The Morgan fingerprint density at radius 1 is 0.950 bits per heavy atom. The summed E-state index contributed by atoms with van der Waals surface area (Å²) in [5, 5.41) is 0. The van der Waals surface area contributed by atoms with Crippen LogP contribution in [0.3, 0.4) is 0 Å². The number of benzene rings is 1. The van der Waals surface area contributed by atoms with E-state index < -0.39 is 10.1 Å². The molecule has 4 aliphatic carbocycles. The first-order chi connectivity index (χ1) is 18.9. The number of hydrogen-bond acceptors (Lipinski definition) is 3. The molecular weight excluding hydrogens is 512 g/mol. The van der Waals surface area contributed by atoms with E-state index in [1.165, 1.54) is 56.9 Å². The van der Waals surface area contributed by atoms with Gasteiger partial charge in [0.2, 0.25) is 0 Å². The SMILES string of the molecule is CC[C@H](CC[C@@H](C)[C@H]1CC[C@H]2[C@@H]3CC=C4C[C@@H](OS(=O)(=O)c5ccc(C)cc5)CC[C@]4(C)[C@H]3CC[C@]12C)C(C)C. The average molecular weight is 569 g/mol. The maximum atomic E-state index is 13.0. The summed E-state index contributed by atoms with van der Waals surface area (Å²) in [7, 11) is -3.74. The lowest BCUT2D eigenvalue weighted by molar-refractivity contribution is -0.0559. The Hall–Kier alpha value is -1.13. The van der Waals surface area contributed by atoms with Crippen molar-refractivity contribution in [2.75, 3.05) is 0 Å². The van der Waals surface area contributed by atoms with Crippen LogP contribution in [0, 0.1) is 59.2 Å². The van der Waals surface area contributed by atoms with Crippen LogP contribution in [0.1, 0.15) is 118 Å². The minimum Gasteiger partial charge on any atom is -0.263 e. The molecule has 4 heteroatoms. The van der Waals surface area contributed by atoms with Crippen LogP contribution in [0.2, 0.25) is 0 Å². The lowest BCUT2D eigenvalue weighted by Crippen LogP contribution is -2.51. The predicted molar refractivity (Wildman–Crippen MR) is 165 cm³/mol. The molecule has 1 aromatic carbocycles. The summed E-state index contributed by atoms with van der Waals surface area (Å²) >= 11 is 0. The van der Waals surface area contributed by atoms with Crippen molar-refractivity contribution in [3.05, 3.63) is 41.5 Å². The van der Waals surface area contributed by atoms with Crippen LogP contribution >= 0.6 is 0 Å². The van der Waals surface area contributed by atoms with Crippen LogP contribution < -0.4 is 0 Å².